The Morgan fingerprint density at radius 2 is 2.26 bits per heavy atom. The number of anilines is 1. The van der Waals surface area contributed by atoms with Crippen LogP contribution in [0.1, 0.15) is 0 Å². The fourth-order valence-electron chi connectivity index (χ4n) is 2.24. The van der Waals surface area contributed by atoms with Crippen molar-refractivity contribution in [2.75, 3.05) is 23.9 Å². The van der Waals surface area contributed by atoms with E-state index >= 15 is 0 Å². The van der Waals surface area contributed by atoms with E-state index in [1.54, 1.807) is 7.11 Å². The normalized spacial score (nSPS) is 27.7. The molecule has 19 heavy (non-hydrogen) atoms. The molecule has 2 atom stereocenters. The Morgan fingerprint density at radius 3 is 3.00 bits per heavy atom. The van der Waals surface area contributed by atoms with E-state index in [0.29, 0.717) is 0 Å². The monoisotopic (exact) mass is 298 g/mol. The summed E-state index contributed by atoms with van der Waals surface area (Å²) in [6.07, 6.45) is 0. The van der Waals surface area contributed by atoms with Gasteiger partial charge in [-0.1, -0.05) is 17.8 Å². The molecule has 0 aliphatic carbocycles. The molecule has 2 heterocycles. The van der Waals surface area contributed by atoms with Crippen molar-refractivity contribution in [3.05, 3.63) is 24.3 Å². The molecule has 0 saturated carbocycles. The van der Waals surface area contributed by atoms with Crippen LogP contribution in [0.2, 0.25) is 0 Å². The lowest BCUT2D eigenvalue weighted by Gasteiger charge is -2.08. The van der Waals surface area contributed by atoms with Gasteiger partial charge in [0.05, 0.1) is 24.7 Å². The predicted octanol–water partition coefficient (Wildman–Crippen LogP) is 1.38. The van der Waals surface area contributed by atoms with E-state index in [-0.39, 0.29) is 22.8 Å². The molecule has 7 heteroatoms. The maximum absolute atomic E-state index is 11.5. The van der Waals surface area contributed by atoms with E-state index in [0.717, 1.165) is 16.6 Å². The minimum Gasteiger partial charge on any atom is -0.497 e. The van der Waals surface area contributed by atoms with Crippen molar-refractivity contribution < 1.29 is 13.2 Å². The lowest BCUT2D eigenvalue weighted by Crippen LogP contribution is -2.13. The number of thioether (sulfide) groups is 1. The second-order valence-electron chi connectivity index (χ2n) is 4.59. The molecule has 1 aromatic rings. The van der Waals surface area contributed by atoms with E-state index in [1.807, 2.05) is 24.3 Å². The highest BCUT2D eigenvalue weighted by molar-refractivity contribution is 8.15. The van der Waals surface area contributed by atoms with Gasteiger partial charge in [0.15, 0.2) is 15.0 Å². The molecule has 0 unspecified atom stereocenters. The van der Waals surface area contributed by atoms with Gasteiger partial charge in [-0.2, -0.15) is 0 Å². The van der Waals surface area contributed by atoms with E-state index < -0.39 is 9.84 Å². The van der Waals surface area contributed by atoms with Crippen molar-refractivity contribution in [2.45, 2.75) is 11.3 Å². The molecule has 3 rings (SSSR count). The third-order valence-corrected chi connectivity index (χ3v) is 6.28. The smallest absolute Gasteiger partial charge is 0.161 e. The van der Waals surface area contributed by atoms with Gasteiger partial charge in [0.1, 0.15) is 5.75 Å². The average molecular weight is 298 g/mol. The Hall–Kier alpha value is -1.21. The van der Waals surface area contributed by atoms with Gasteiger partial charge in [-0.15, -0.1) is 0 Å². The van der Waals surface area contributed by atoms with Crippen LogP contribution in [0.4, 0.5) is 5.69 Å². The number of benzene rings is 1. The van der Waals surface area contributed by atoms with Gasteiger partial charge in [-0.05, 0) is 12.1 Å². The molecule has 0 spiro atoms. The largest absolute Gasteiger partial charge is 0.497 e. The van der Waals surface area contributed by atoms with Crippen LogP contribution in [0, 0.1) is 0 Å². The lowest BCUT2D eigenvalue weighted by molar-refractivity contribution is 0.415. The Labute approximate surface area is 116 Å². The van der Waals surface area contributed by atoms with Gasteiger partial charge < -0.3 is 10.1 Å². The van der Waals surface area contributed by atoms with Crippen molar-refractivity contribution in [1.82, 2.24) is 0 Å². The second-order valence-corrected chi connectivity index (χ2v) is 7.97. The van der Waals surface area contributed by atoms with Gasteiger partial charge >= 0.3 is 0 Å². The number of ether oxygens (including phenoxy) is 1. The summed E-state index contributed by atoms with van der Waals surface area (Å²) >= 11 is 1.51. The summed E-state index contributed by atoms with van der Waals surface area (Å²) in [5, 5.41) is 4.07. The first-order chi connectivity index (χ1) is 9.05. The standard InChI is InChI=1S/C12H14N2O3S2/c1-17-9-4-2-3-8(5-9)13-12-14-10-6-19(15,16)7-11(10)18-12/h2-5,10-11H,6-7H2,1H3,(H,13,14)/t10-,11+/m0/s1. The first-order valence-corrected chi connectivity index (χ1v) is 8.62. The Balaban J connectivity index is 1.72. The Morgan fingerprint density at radius 1 is 1.42 bits per heavy atom. The second kappa shape index (κ2) is 4.72. The van der Waals surface area contributed by atoms with Crippen molar-refractivity contribution in [3.8, 4) is 5.75 Å². The number of nitrogens with zero attached hydrogens (tertiary/aromatic N) is 1. The zero-order valence-electron chi connectivity index (χ0n) is 10.4. The molecule has 5 nitrogen and oxygen atoms in total. The maximum atomic E-state index is 11.5. The highest BCUT2D eigenvalue weighted by Crippen LogP contribution is 2.34. The number of aliphatic imine (C=N–C) groups is 1. The van der Waals surface area contributed by atoms with Gasteiger partial charge in [0.2, 0.25) is 0 Å². The minimum atomic E-state index is -2.89. The molecule has 1 fully saturated rings. The number of fused-ring (bicyclic) bond motifs is 1. The molecule has 2 aliphatic rings. The van der Waals surface area contributed by atoms with Gasteiger partial charge in [0, 0.05) is 17.0 Å². The maximum Gasteiger partial charge on any atom is 0.161 e. The third-order valence-electron chi connectivity index (χ3n) is 3.14. The molecule has 1 aromatic carbocycles. The molecule has 1 saturated heterocycles. The molecule has 2 aliphatic heterocycles. The van der Waals surface area contributed by atoms with Crippen molar-refractivity contribution in [3.63, 3.8) is 0 Å². The average Bonchev–Trinajstić information content (AvgIpc) is 2.82. The molecule has 102 valence electrons. The quantitative estimate of drug-likeness (QED) is 0.893. The summed E-state index contributed by atoms with van der Waals surface area (Å²) in [5.74, 6) is 1.18. The number of hydrogen-bond acceptors (Lipinski definition) is 6. The van der Waals surface area contributed by atoms with Crippen LogP contribution in [0.15, 0.2) is 29.3 Å². The zero-order chi connectivity index (χ0) is 13.5. The number of hydrogen-bond donors (Lipinski definition) is 1. The predicted molar refractivity (Wildman–Crippen MR) is 77.9 cm³/mol. The summed E-state index contributed by atoms with van der Waals surface area (Å²) < 4.78 is 28.1. The molecule has 0 aromatic heterocycles. The number of rotatable bonds is 2. The van der Waals surface area contributed by atoms with E-state index in [1.165, 1.54) is 11.8 Å². The van der Waals surface area contributed by atoms with E-state index in [9.17, 15) is 8.42 Å². The number of sulfone groups is 1. The van der Waals surface area contributed by atoms with Crippen LogP contribution in [-0.4, -0.2) is 43.5 Å². The SMILES string of the molecule is COc1cccc(NC2=N[C@H]3CS(=O)(=O)C[C@H]3S2)c1. The third kappa shape index (κ3) is 2.71. The number of nitrogens with one attached hydrogen (secondary N) is 1. The summed E-state index contributed by atoms with van der Waals surface area (Å²) in [7, 11) is -1.27. The summed E-state index contributed by atoms with van der Waals surface area (Å²) in [6, 6.07) is 7.48. The minimum absolute atomic E-state index is 0.0677. The highest BCUT2D eigenvalue weighted by atomic mass is 32.2. The van der Waals surface area contributed by atoms with Crippen LogP contribution in [0.25, 0.3) is 0 Å². The summed E-state index contributed by atoms with van der Waals surface area (Å²) in [5.41, 5.74) is 0.897. The fraction of sp³-hybridized carbons (Fsp3) is 0.417. The molecule has 0 radical (unpaired) electrons. The van der Waals surface area contributed by atoms with E-state index in [2.05, 4.69) is 10.3 Å². The molecule has 1 N–H and O–H groups in total. The summed E-state index contributed by atoms with van der Waals surface area (Å²) in [6.45, 7) is 0. The Kier molecular flexibility index (Phi) is 3.18. The first-order valence-electron chi connectivity index (χ1n) is 5.92. The van der Waals surface area contributed by atoms with Crippen molar-refractivity contribution in [2.24, 2.45) is 4.99 Å². The van der Waals surface area contributed by atoms with E-state index in [4.69, 9.17) is 4.74 Å². The van der Waals surface area contributed by atoms with Crippen molar-refractivity contribution in [1.29, 1.82) is 0 Å². The van der Waals surface area contributed by atoms with Gasteiger partial charge in [-0.25, -0.2) is 8.42 Å². The highest BCUT2D eigenvalue weighted by Gasteiger charge is 2.42. The van der Waals surface area contributed by atoms with Crippen LogP contribution in [-0.2, 0) is 9.84 Å². The van der Waals surface area contributed by atoms with Crippen LogP contribution < -0.4 is 10.1 Å². The zero-order valence-corrected chi connectivity index (χ0v) is 12.0. The molecular formula is C12H14N2O3S2. The van der Waals surface area contributed by atoms with Crippen LogP contribution in [0.3, 0.4) is 0 Å². The summed E-state index contributed by atoms with van der Waals surface area (Å²) in [4.78, 5) is 4.44. The fourth-order valence-corrected chi connectivity index (χ4v) is 5.92. The lowest BCUT2D eigenvalue weighted by atomic mass is 10.3. The van der Waals surface area contributed by atoms with Crippen LogP contribution >= 0.6 is 11.8 Å². The molecule has 0 amide bonds. The molecule has 0 bridgehead atoms. The van der Waals surface area contributed by atoms with Crippen LogP contribution in [0.5, 0.6) is 5.75 Å². The first kappa shape index (κ1) is 12.8. The number of amidine groups is 1. The molecular weight excluding hydrogens is 284 g/mol. The Bertz CT molecular complexity index is 628. The topological polar surface area (TPSA) is 67.8 Å². The van der Waals surface area contributed by atoms with Gasteiger partial charge in [0.25, 0.3) is 0 Å². The van der Waals surface area contributed by atoms with Crippen molar-refractivity contribution >= 4 is 32.5 Å². The number of methoxy groups -OCH3 is 1. The van der Waals surface area contributed by atoms with Gasteiger partial charge in [-0.3, -0.25) is 4.99 Å².